The van der Waals surface area contributed by atoms with Crippen LogP contribution in [0.15, 0.2) is 73.1 Å². The van der Waals surface area contributed by atoms with E-state index in [0.717, 1.165) is 45.8 Å². The molecular weight excluding hydrogens is 595 g/mol. The summed E-state index contributed by atoms with van der Waals surface area (Å²) in [5.74, 6) is -0.374. The van der Waals surface area contributed by atoms with E-state index in [2.05, 4.69) is 16.0 Å². The van der Waals surface area contributed by atoms with Gasteiger partial charge in [0.1, 0.15) is 11.8 Å². The summed E-state index contributed by atoms with van der Waals surface area (Å²) in [6.45, 7) is 1.28. The fourth-order valence-electron chi connectivity index (χ4n) is 6.89. The number of anilines is 1. The van der Waals surface area contributed by atoms with Crippen molar-refractivity contribution >= 4 is 40.1 Å². The molecule has 0 radical (unpaired) electrons. The average Bonchev–Trinajstić information content (AvgIpc) is 3.43. The standard InChI is InChI=1S/C33H29ClF3N3O4/c1-40(31(41)28-17-23(33(35,36)37)5-8-29(28)34,30-9-4-20-3-7-26(18-27(20)30)44-32(42)43)25-11-14-39(15-12-25)24-6-2-22-19-38-13-10-21(22)16-24/h2-3,5-8,10,13,16-19,25,30H,4,9,11-12,14-15H2,1H3/p+1. The lowest BCUT2D eigenvalue weighted by Gasteiger charge is -2.47. The molecule has 4 aromatic rings. The molecule has 2 heterocycles. The molecule has 11 heteroatoms. The molecule has 228 valence electrons. The van der Waals surface area contributed by atoms with Crippen LogP contribution in [0.25, 0.3) is 10.8 Å². The van der Waals surface area contributed by atoms with Crippen LogP contribution in [0.4, 0.5) is 23.7 Å². The number of rotatable bonds is 5. The van der Waals surface area contributed by atoms with Crippen LogP contribution in [0.1, 0.15) is 52.4 Å². The monoisotopic (exact) mass is 624 g/mol. The summed E-state index contributed by atoms with van der Waals surface area (Å²) in [7, 11) is 1.78. The number of fused-ring (bicyclic) bond motifs is 2. The van der Waals surface area contributed by atoms with E-state index >= 15 is 0 Å². The van der Waals surface area contributed by atoms with Gasteiger partial charge in [0.05, 0.1) is 29.2 Å². The first kappa shape index (κ1) is 29.9. The molecule has 1 amide bonds. The van der Waals surface area contributed by atoms with Gasteiger partial charge in [-0.1, -0.05) is 23.7 Å². The highest BCUT2D eigenvalue weighted by atomic mass is 35.5. The quantitative estimate of drug-likeness (QED) is 0.138. The van der Waals surface area contributed by atoms with Crippen LogP contribution in [-0.2, 0) is 12.6 Å². The minimum atomic E-state index is -4.65. The summed E-state index contributed by atoms with van der Waals surface area (Å²) >= 11 is 6.43. The topological polar surface area (TPSA) is 79.7 Å². The van der Waals surface area contributed by atoms with Crippen molar-refractivity contribution in [3.8, 4) is 5.75 Å². The predicted molar refractivity (Wildman–Crippen MR) is 160 cm³/mol. The molecule has 3 aromatic carbocycles. The predicted octanol–water partition coefficient (Wildman–Crippen LogP) is 7.91. The number of benzene rings is 3. The Hall–Kier alpha value is -4.15. The Labute approximate surface area is 257 Å². The summed E-state index contributed by atoms with van der Waals surface area (Å²) in [6.07, 6.45) is -0.147. The number of pyridine rings is 1. The molecule has 1 aliphatic heterocycles. The Morgan fingerprint density at radius 1 is 1.00 bits per heavy atom. The number of aromatic nitrogens is 1. The van der Waals surface area contributed by atoms with Gasteiger partial charge in [0.15, 0.2) is 0 Å². The van der Waals surface area contributed by atoms with Crippen molar-refractivity contribution in [1.29, 1.82) is 0 Å². The number of hydrogen-bond acceptors (Lipinski definition) is 5. The second kappa shape index (κ2) is 11.4. The number of carboxylic acid groups (broad SMARTS) is 1. The number of carbonyl (C=O) groups excluding carboxylic acids is 1. The van der Waals surface area contributed by atoms with E-state index in [9.17, 15) is 27.9 Å². The summed E-state index contributed by atoms with van der Waals surface area (Å²) in [5, 5.41) is 11.2. The molecule has 0 saturated carbocycles. The van der Waals surface area contributed by atoms with Crippen LogP contribution in [0.3, 0.4) is 0 Å². The Kier molecular flexibility index (Phi) is 7.75. The maximum Gasteiger partial charge on any atom is 0.511 e. The molecule has 2 aliphatic rings. The molecule has 2 unspecified atom stereocenters. The third-order valence-corrected chi connectivity index (χ3v) is 9.52. The van der Waals surface area contributed by atoms with E-state index < -0.39 is 29.8 Å². The van der Waals surface area contributed by atoms with Gasteiger partial charge in [-0.3, -0.25) is 4.98 Å². The Morgan fingerprint density at radius 2 is 1.77 bits per heavy atom. The first-order valence-electron chi connectivity index (χ1n) is 14.3. The van der Waals surface area contributed by atoms with Crippen LogP contribution in [0.5, 0.6) is 5.75 Å². The van der Waals surface area contributed by atoms with Gasteiger partial charge in [0.2, 0.25) is 0 Å². The molecule has 7 nitrogen and oxygen atoms in total. The number of hydrogen-bond donors (Lipinski definition) is 1. The molecule has 2 atom stereocenters. The Bertz CT molecular complexity index is 1760. The molecule has 0 bridgehead atoms. The minimum Gasteiger partial charge on any atom is -0.449 e. The molecule has 0 spiro atoms. The van der Waals surface area contributed by atoms with E-state index in [0.29, 0.717) is 38.8 Å². The van der Waals surface area contributed by atoms with Crippen molar-refractivity contribution in [3.63, 3.8) is 0 Å². The fourth-order valence-corrected chi connectivity index (χ4v) is 7.09. The summed E-state index contributed by atoms with van der Waals surface area (Å²) in [6, 6.07) is 15.3. The number of alkyl halides is 3. The maximum atomic E-state index is 14.6. The zero-order chi connectivity index (χ0) is 31.2. The number of amides is 1. The second-order valence-corrected chi connectivity index (χ2v) is 12.0. The van der Waals surface area contributed by atoms with Crippen molar-refractivity contribution in [2.75, 3.05) is 25.0 Å². The van der Waals surface area contributed by atoms with Crippen molar-refractivity contribution < 1.29 is 37.1 Å². The Balaban J connectivity index is 1.37. The van der Waals surface area contributed by atoms with Gasteiger partial charge in [-0.05, 0) is 65.9 Å². The number of aryl methyl sites for hydroxylation is 1. The molecule has 1 aromatic heterocycles. The number of piperidine rings is 1. The molecular formula is C33H30ClF3N3O4+. The molecule has 6 rings (SSSR count). The van der Waals surface area contributed by atoms with Crippen molar-refractivity contribution in [1.82, 2.24) is 4.98 Å². The molecule has 1 fully saturated rings. The maximum absolute atomic E-state index is 14.6. The molecule has 44 heavy (non-hydrogen) atoms. The van der Waals surface area contributed by atoms with Gasteiger partial charge in [-0.2, -0.15) is 13.2 Å². The highest BCUT2D eigenvalue weighted by Gasteiger charge is 2.51. The number of nitrogens with zero attached hydrogens (tertiary/aromatic N) is 3. The van der Waals surface area contributed by atoms with Gasteiger partial charge < -0.3 is 14.7 Å². The first-order valence-corrected chi connectivity index (χ1v) is 14.7. The molecule has 1 aliphatic carbocycles. The van der Waals surface area contributed by atoms with Gasteiger partial charge in [0, 0.05) is 61.4 Å². The summed E-state index contributed by atoms with van der Waals surface area (Å²) in [5.41, 5.74) is 1.63. The van der Waals surface area contributed by atoms with Gasteiger partial charge in [0.25, 0.3) is 0 Å². The van der Waals surface area contributed by atoms with Crippen LogP contribution in [0, 0.1) is 0 Å². The fraction of sp³-hybridized carbons (Fsp3) is 0.303. The van der Waals surface area contributed by atoms with Gasteiger partial charge in [-0.25, -0.2) is 14.1 Å². The second-order valence-electron chi connectivity index (χ2n) is 11.6. The molecule has 1 N–H and O–H groups in total. The minimum absolute atomic E-state index is 0.0448. The highest BCUT2D eigenvalue weighted by molar-refractivity contribution is 6.33. The van der Waals surface area contributed by atoms with Crippen LogP contribution in [-0.4, -0.2) is 52.8 Å². The lowest BCUT2D eigenvalue weighted by atomic mass is 9.92. The molecule has 1 saturated heterocycles. The smallest absolute Gasteiger partial charge is 0.449 e. The van der Waals surface area contributed by atoms with Gasteiger partial charge >= 0.3 is 18.2 Å². The van der Waals surface area contributed by atoms with Gasteiger partial charge in [-0.15, -0.1) is 0 Å². The number of halogens is 4. The van der Waals surface area contributed by atoms with E-state index in [1.165, 1.54) is 0 Å². The lowest BCUT2D eigenvalue weighted by Crippen LogP contribution is -2.60. The Morgan fingerprint density at radius 3 is 2.50 bits per heavy atom. The van der Waals surface area contributed by atoms with E-state index in [1.54, 1.807) is 31.4 Å². The van der Waals surface area contributed by atoms with Crippen LogP contribution in [0.2, 0.25) is 5.02 Å². The van der Waals surface area contributed by atoms with Crippen LogP contribution < -0.4 is 9.64 Å². The summed E-state index contributed by atoms with van der Waals surface area (Å²) in [4.78, 5) is 32.3. The SMILES string of the molecule is C[N+](C(=O)c1cc(C(F)(F)F)ccc1Cl)(C1CCN(c2ccc3cnccc3c2)CC1)C1CCc2ccc(OC(=O)O)cc21. The van der Waals surface area contributed by atoms with Crippen molar-refractivity contribution in [2.45, 2.75) is 43.9 Å². The number of carbonyl (C=O) groups is 2. The van der Waals surface area contributed by atoms with E-state index in [4.69, 9.17) is 16.3 Å². The van der Waals surface area contributed by atoms with E-state index in [-0.39, 0.29) is 26.9 Å². The zero-order valence-corrected chi connectivity index (χ0v) is 24.6. The number of ether oxygens (including phenoxy) is 1. The lowest BCUT2D eigenvalue weighted by molar-refractivity contribution is -0.887. The summed E-state index contributed by atoms with van der Waals surface area (Å²) < 4.78 is 45.9. The van der Waals surface area contributed by atoms with E-state index in [1.807, 2.05) is 24.4 Å². The largest absolute Gasteiger partial charge is 0.511 e. The average molecular weight is 625 g/mol. The highest BCUT2D eigenvalue weighted by Crippen LogP contribution is 2.46. The van der Waals surface area contributed by atoms with Crippen LogP contribution >= 0.6 is 11.6 Å². The van der Waals surface area contributed by atoms with Crippen molar-refractivity contribution in [2.24, 2.45) is 0 Å². The normalized spacial score (nSPS) is 18.6. The third-order valence-electron chi connectivity index (χ3n) is 9.19. The third kappa shape index (κ3) is 5.48. The zero-order valence-electron chi connectivity index (χ0n) is 23.9. The first-order chi connectivity index (χ1) is 20.9. The number of quaternary nitrogens is 1. The van der Waals surface area contributed by atoms with Crippen molar-refractivity contribution in [3.05, 3.63) is 100 Å².